The van der Waals surface area contributed by atoms with Crippen molar-refractivity contribution in [2.45, 2.75) is 32.4 Å². The molecule has 0 aliphatic rings. The van der Waals surface area contributed by atoms with Crippen molar-refractivity contribution in [3.63, 3.8) is 0 Å². The molecule has 1 aromatic rings. The summed E-state index contributed by atoms with van der Waals surface area (Å²) < 4.78 is 40.1. The molecule has 0 spiro atoms. The third-order valence-corrected chi connectivity index (χ3v) is 2.51. The molecule has 3 nitrogen and oxygen atoms in total. The molecule has 19 heavy (non-hydrogen) atoms. The Morgan fingerprint density at radius 2 is 2.05 bits per heavy atom. The van der Waals surface area contributed by atoms with Gasteiger partial charge in [-0.15, -0.1) is 13.2 Å². The molecule has 1 atom stereocenters. The van der Waals surface area contributed by atoms with Crippen molar-refractivity contribution in [2.75, 3.05) is 13.6 Å². The van der Waals surface area contributed by atoms with Gasteiger partial charge < -0.3 is 14.7 Å². The minimum atomic E-state index is -4.67. The van der Waals surface area contributed by atoms with E-state index in [1.54, 1.807) is 13.0 Å². The molecule has 0 heterocycles. The molecule has 1 unspecified atom stereocenters. The maximum absolute atomic E-state index is 12.1. The van der Waals surface area contributed by atoms with Crippen LogP contribution in [0.2, 0.25) is 0 Å². The third-order valence-electron chi connectivity index (χ3n) is 2.51. The van der Waals surface area contributed by atoms with E-state index in [2.05, 4.69) is 4.74 Å². The number of hydrogen-bond acceptors (Lipinski definition) is 3. The highest BCUT2D eigenvalue weighted by atomic mass is 19.4. The molecule has 0 saturated carbocycles. The molecule has 0 radical (unpaired) electrons. The standard InChI is InChI=1S/C13H18F3NO2/c1-10(18)6-7-17(2)9-11-4-3-5-12(8-11)19-13(14,15)16/h3-5,8,10,18H,6-7,9H2,1-2H3. The molecule has 1 N–H and O–H groups in total. The normalized spacial score (nSPS) is 13.6. The molecular weight excluding hydrogens is 259 g/mol. The van der Waals surface area contributed by atoms with Crippen LogP contribution in [0.5, 0.6) is 5.75 Å². The quantitative estimate of drug-likeness (QED) is 0.868. The van der Waals surface area contributed by atoms with Crippen molar-refractivity contribution in [1.82, 2.24) is 4.90 Å². The molecule has 6 heteroatoms. The van der Waals surface area contributed by atoms with Gasteiger partial charge >= 0.3 is 6.36 Å². The summed E-state index contributed by atoms with van der Waals surface area (Å²) in [4.78, 5) is 1.93. The Bertz CT molecular complexity index is 394. The van der Waals surface area contributed by atoms with Crippen molar-refractivity contribution in [3.05, 3.63) is 29.8 Å². The SMILES string of the molecule is CC(O)CCN(C)Cc1cccc(OC(F)(F)F)c1. The number of alkyl halides is 3. The van der Waals surface area contributed by atoms with Crippen molar-refractivity contribution in [2.24, 2.45) is 0 Å². The lowest BCUT2D eigenvalue weighted by molar-refractivity contribution is -0.274. The van der Waals surface area contributed by atoms with Gasteiger partial charge in [-0.1, -0.05) is 12.1 Å². The summed E-state index contributed by atoms with van der Waals surface area (Å²) in [6, 6.07) is 5.90. The van der Waals surface area contributed by atoms with Crippen LogP contribution in [0.4, 0.5) is 13.2 Å². The van der Waals surface area contributed by atoms with Gasteiger partial charge in [0.15, 0.2) is 0 Å². The van der Waals surface area contributed by atoms with Crippen molar-refractivity contribution in [3.8, 4) is 5.75 Å². The van der Waals surface area contributed by atoms with Crippen LogP contribution in [0.25, 0.3) is 0 Å². The summed E-state index contributed by atoms with van der Waals surface area (Å²) in [5.41, 5.74) is 0.731. The van der Waals surface area contributed by atoms with Gasteiger partial charge in [0.2, 0.25) is 0 Å². The zero-order chi connectivity index (χ0) is 14.5. The first-order valence-electron chi connectivity index (χ1n) is 5.97. The Kier molecular flexibility index (Phi) is 5.62. The second-order valence-electron chi connectivity index (χ2n) is 4.57. The van der Waals surface area contributed by atoms with Gasteiger partial charge in [0.1, 0.15) is 5.75 Å². The van der Waals surface area contributed by atoms with Gasteiger partial charge in [-0.3, -0.25) is 0 Å². The average molecular weight is 277 g/mol. The summed E-state index contributed by atoms with van der Waals surface area (Å²) in [6.07, 6.45) is -4.44. The molecule has 0 aromatic heterocycles. The fraction of sp³-hybridized carbons (Fsp3) is 0.538. The van der Waals surface area contributed by atoms with E-state index in [1.165, 1.54) is 18.2 Å². The zero-order valence-corrected chi connectivity index (χ0v) is 10.9. The first kappa shape index (κ1) is 15.8. The highest BCUT2D eigenvalue weighted by Crippen LogP contribution is 2.23. The van der Waals surface area contributed by atoms with Crippen LogP contribution in [-0.2, 0) is 6.54 Å². The lowest BCUT2D eigenvalue weighted by Crippen LogP contribution is -2.22. The molecule has 0 bridgehead atoms. The highest BCUT2D eigenvalue weighted by Gasteiger charge is 2.31. The van der Waals surface area contributed by atoms with Gasteiger partial charge in [-0.05, 0) is 38.1 Å². The Labute approximate surface area is 110 Å². The topological polar surface area (TPSA) is 32.7 Å². The number of aliphatic hydroxyl groups excluding tert-OH is 1. The summed E-state index contributed by atoms with van der Waals surface area (Å²) in [5.74, 6) is -0.214. The van der Waals surface area contributed by atoms with Crippen LogP contribution in [0, 0.1) is 0 Å². The Balaban J connectivity index is 2.57. The number of nitrogens with zero attached hydrogens (tertiary/aromatic N) is 1. The molecule has 0 saturated heterocycles. The van der Waals surface area contributed by atoms with E-state index >= 15 is 0 Å². The van der Waals surface area contributed by atoms with Gasteiger partial charge in [0.25, 0.3) is 0 Å². The van der Waals surface area contributed by atoms with E-state index in [-0.39, 0.29) is 11.9 Å². The van der Waals surface area contributed by atoms with E-state index < -0.39 is 6.36 Å². The van der Waals surface area contributed by atoms with Crippen LogP contribution in [-0.4, -0.2) is 36.1 Å². The molecule has 0 aliphatic carbocycles. The van der Waals surface area contributed by atoms with E-state index in [9.17, 15) is 13.2 Å². The Morgan fingerprint density at radius 3 is 2.63 bits per heavy atom. The molecular formula is C13H18F3NO2. The Hall–Kier alpha value is -1.27. The zero-order valence-electron chi connectivity index (χ0n) is 10.9. The van der Waals surface area contributed by atoms with Gasteiger partial charge in [0, 0.05) is 13.1 Å². The van der Waals surface area contributed by atoms with Crippen LogP contribution < -0.4 is 4.74 Å². The second-order valence-corrected chi connectivity index (χ2v) is 4.57. The number of ether oxygens (including phenoxy) is 1. The molecule has 0 fully saturated rings. The Morgan fingerprint density at radius 1 is 1.37 bits per heavy atom. The first-order chi connectivity index (χ1) is 8.76. The predicted molar refractivity (Wildman–Crippen MR) is 65.8 cm³/mol. The first-order valence-corrected chi connectivity index (χ1v) is 5.97. The molecule has 0 aliphatic heterocycles. The summed E-state index contributed by atoms with van der Waals surface area (Å²) in [7, 11) is 1.85. The highest BCUT2D eigenvalue weighted by molar-refractivity contribution is 5.28. The molecule has 108 valence electrons. The number of hydrogen-bond donors (Lipinski definition) is 1. The summed E-state index contributed by atoms with van der Waals surface area (Å²) in [5, 5.41) is 9.17. The smallest absolute Gasteiger partial charge is 0.406 e. The maximum atomic E-state index is 12.1. The monoisotopic (exact) mass is 277 g/mol. The van der Waals surface area contributed by atoms with E-state index in [0.717, 1.165) is 5.56 Å². The van der Waals surface area contributed by atoms with Gasteiger partial charge in [0.05, 0.1) is 6.10 Å². The van der Waals surface area contributed by atoms with E-state index in [0.29, 0.717) is 19.5 Å². The van der Waals surface area contributed by atoms with Crippen molar-refractivity contribution >= 4 is 0 Å². The molecule has 0 amide bonds. The number of aliphatic hydroxyl groups is 1. The summed E-state index contributed by atoms with van der Waals surface area (Å²) >= 11 is 0. The number of halogens is 3. The largest absolute Gasteiger partial charge is 0.573 e. The van der Waals surface area contributed by atoms with E-state index in [1.807, 2.05) is 11.9 Å². The van der Waals surface area contributed by atoms with E-state index in [4.69, 9.17) is 5.11 Å². The van der Waals surface area contributed by atoms with Gasteiger partial charge in [-0.25, -0.2) is 0 Å². The van der Waals surface area contributed by atoms with Gasteiger partial charge in [-0.2, -0.15) is 0 Å². The molecule has 1 rings (SSSR count). The third kappa shape index (κ3) is 7.03. The average Bonchev–Trinajstić information content (AvgIpc) is 2.24. The van der Waals surface area contributed by atoms with Crippen LogP contribution in [0.1, 0.15) is 18.9 Å². The maximum Gasteiger partial charge on any atom is 0.573 e. The fourth-order valence-corrected chi connectivity index (χ4v) is 1.64. The molecule has 1 aromatic carbocycles. The van der Waals surface area contributed by atoms with Crippen LogP contribution in [0.3, 0.4) is 0 Å². The number of benzene rings is 1. The second kappa shape index (κ2) is 6.77. The summed E-state index contributed by atoms with van der Waals surface area (Å²) in [6.45, 7) is 2.87. The number of rotatable bonds is 6. The minimum absolute atomic E-state index is 0.214. The fourth-order valence-electron chi connectivity index (χ4n) is 1.64. The van der Waals surface area contributed by atoms with Crippen molar-refractivity contribution < 1.29 is 23.0 Å². The van der Waals surface area contributed by atoms with Crippen LogP contribution in [0.15, 0.2) is 24.3 Å². The predicted octanol–water partition coefficient (Wildman–Crippen LogP) is 2.79. The van der Waals surface area contributed by atoms with Crippen molar-refractivity contribution in [1.29, 1.82) is 0 Å². The minimum Gasteiger partial charge on any atom is -0.406 e. The lowest BCUT2D eigenvalue weighted by Gasteiger charge is -2.18. The lowest BCUT2D eigenvalue weighted by atomic mass is 10.2. The van der Waals surface area contributed by atoms with Crippen LogP contribution >= 0.6 is 0 Å².